The average Bonchev–Trinajstić information content (AvgIpc) is 2.90. The monoisotopic (exact) mass is 295 g/mol. The summed E-state index contributed by atoms with van der Waals surface area (Å²) in [4.78, 5) is 13.5. The first-order valence-electron chi connectivity index (χ1n) is 7.15. The van der Waals surface area contributed by atoms with Crippen molar-refractivity contribution in [2.45, 2.75) is 26.3 Å². The lowest BCUT2D eigenvalue weighted by Gasteiger charge is -2.23. The second-order valence-corrected chi connectivity index (χ2v) is 5.66. The number of nitrogens with two attached hydrogens (primary N) is 1. The van der Waals surface area contributed by atoms with Crippen molar-refractivity contribution in [2.24, 2.45) is 11.7 Å². The van der Waals surface area contributed by atoms with Gasteiger partial charge in [0.25, 0.3) is 0 Å². The van der Waals surface area contributed by atoms with Gasteiger partial charge in [0, 0.05) is 35.9 Å². The fourth-order valence-electron chi connectivity index (χ4n) is 2.62. The Morgan fingerprint density at radius 2 is 2.35 bits per heavy atom. The van der Waals surface area contributed by atoms with Crippen molar-refractivity contribution >= 4 is 23.2 Å². The van der Waals surface area contributed by atoms with E-state index in [1.165, 1.54) is 0 Å². The van der Waals surface area contributed by atoms with E-state index in [1.807, 2.05) is 12.1 Å². The Labute approximate surface area is 125 Å². The molecule has 1 aromatic carbocycles. The summed E-state index contributed by atoms with van der Waals surface area (Å²) < 4.78 is 0. The molecule has 5 heteroatoms. The zero-order valence-corrected chi connectivity index (χ0v) is 12.6. The molecule has 1 atom stereocenters. The van der Waals surface area contributed by atoms with Crippen molar-refractivity contribution in [3.8, 4) is 0 Å². The number of anilines is 1. The molecule has 0 bridgehead atoms. The van der Waals surface area contributed by atoms with E-state index >= 15 is 0 Å². The molecule has 0 aromatic heterocycles. The van der Waals surface area contributed by atoms with E-state index in [-0.39, 0.29) is 11.8 Å². The number of amides is 1. The Morgan fingerprint density at radius 3 is 3.00 bits per heavy atom. The number of rotatable bonds is 6. The van der Waals surface area contributed by atoms with E-state index in [9.17, 15) is 4.79 Å². The van der Waals surface area contributed by atoms with Crippen LogP contribution < -0.4 is 16.0 Å². The van der Waals surface area contributed by atoms with E-state index in [2.05, 4.69) is 23.2 Å². The number of hydrogen-bond acceptors (Lipinski definition) is 3. The van der Waals surface area contributed by atoms with Crippen molar-refractivity contribution in [3.05, 3.63) is 28.8 Å². The van der Waals surface area contributed by atoms with Crippen molar-refractivity contribution < 1.29 is 4.79 Å². The van der Waals surface area contributed by atoms with E-state index < -0.39 is 0 Å². The minimum Gasteiger partial charge on any atom is -0.370 e. The fourth-order valence-corrected chi connectivity index (χ4v) is 2.86. The highest BCUT2D eigenvalue weighted by atomic mass is 35.5. The van der Waals surface area contributed by atoms with Crippen molar-refractivity contribution in [1.82, 2.24) is 5.32 Å². The normalized spacial score (nSPS) is 18.5. The standard InChI is InChI=1S/C15H22ClN3O/c1-2-7-18-9-12-13(16)4-3-5-14(12)19-8-6-11(10-19)15(17)20/h3-5,11,18H,2,6-10H2,1H3,(H2,17,20). The first kappa shape index (κ1) is 15.1. The quantitative estimate of drug-likeness (QED) is 0.791. The molecule has 1 amide bonds. The summed E-state index contributed by atoms with van der Waals surface area (Å²) in [5.41, 5.74) is 7.62. The number of hydrogen-bond donors (Lipinski definition) is 2. The molecule has 3 N–H and O–H groups in total. The molecule has 1 heterocycles. The number of nitrogens with zero attached hydrogens (tertiary/aromatic N) is 1. The molecule has 1 aliphatic rings. The molecule has 1 unspecified atom stereocenters. The molecule has 0 aliphatic carbocycles. The lowest BCUT2D eigenvalue weighted by atomic mass is 10.1. The molecule has 1 aromatic rings. The third-order valence-corrected chi connectivity index (χ3v) is 4.11. The van der Waals surface area contributed by atoms with Gasteiger partial charge in [-0.25, -0.2) is 0 Å². The van der Waals surface area contributed by atoms with E-state index in [0.717, 1.165) is 48.7 Å². The number of carbonyl (C=O) groups is 1. The highest BCUT2D eigenvalue weighted by Crippen LogP contribution is 2.31. The zero-order valence-electron chi connectivity index (χ0n) is 11.9. The summed E-state index contributed by atoms with van der Waals surface area (Å²) in [7, 11) is 0. The maximum Gasteiger partial charge on any atom is 0.222 e. The van der Waals surface area contributed by atoms with E-state index in [0.29, 0.717) is 6.54 Å². The third kappa shape index (κ3) is 3.44. The van der Waals surface area contributed by atoms with Gasteiger partial charge in [-0.2, -0.15) is 0 Å². The van der Waals surface area contributed by atoms with Gasteiger partial charge in [-0.1, -0.05) is 24.6 Å². The Balaban J connectivity index is 2.15. The highest BCUT2D eigenvalue weighted by molar-refractivity contribution is 6.31. The van der Waals surface area contributed by atoms with Gasteiger partial charge >= 0.3 is 0 Å². The molecule has 0 spiro atoms. The molecule has 1 aliphatic heterocycles. The Morgan fingerprint density at radius 1 is 1.55 bits per heavy atom. The maximum atomic E-state index is 11.3. The van der Waals surface area contributed by atoms with Gasteiger partial charge in [0.2, 0.25) is 5.91 Å². The van der Waals surface area contributed by atoms with Gasteiger partial charge in [0.15, 0.2) is 0 Å². The zero-order chi connectivity index (χ0) is 14.5. The van der Waals surface area contributed by atoms with Crippen LogP contribution >= 0.6 is 11.6 Å². The van der Waals surface area contributed by atoms with Gasteiger partial charge in [-0.3, -0.25) is 4.79 Å². The fraction of sp³-hybridized carbons (Fsp3) is 0.533. The number of benzene rings is 1. The average molecular weight is 296 g/mol. The van der Waals surface area contributed by atoms with Crippen LogP contribution in [0.4, 0.5) is 5.69 Å². The van der Waals surface area contributed by atoms with E-state index in [1.54, 1.807) is 0 Å². The van der Waals surface area contributed by atoms with Crippen LogP contribution in [0.2, 0.25) is 5.02 Å². The molecule has 4 nitrogen and oxygen atoms in total. The lowest BCUT2D eigenvalue weighted by Crippen LogP contribution is -2.28. The first-order chi connectivity index (χ1) is 9.63. The van der Waals surface area contributed by atoms with E-state index in [4.69, 9.17) is 17.3 Å². The van der Waals surface area contributed by atoms with Crippen LogP contribution in [0.25, 0.3) is 0 Å². The molecule has 0 saturated carbocycles. The van der Waals surface area contributed by atoms with Crippen LogP contribution in [0.3, 0.4) is 0 Å². The summed E-state index contributed by atoms with van der Waals surface area (Å²) in [6.45, 7) is 5.40. The van der Waals surface area contributed by atoms with Crippen molar-refractivity contribution in [3.63, 3.8) is 0 Å². The van der Waals surface area contributed by atoms with Crippen LogP contribution in [0.5, 0.6) is 0 Å². The van der Waals surface area contributed by atoms with Crippen molar-refractivity contribution in [2.75, 3.05) is 24.5 Å². The number of halogens is 1. The SMILES string of the molecule is CCCNCc1c(Cl)cccc1N1CCC(C(N)=O)C1. The summed E-state index contributed by atoms with van der Waals surface area (Å²) in [5.74, 6) is -0.259. The van der Waals surface area contributed by atoms with Crippen LogP contribution in [0.1, 0.15) is 25.3 Å². The molecule has 0 radical (unpaired) electrons. The number of nitrogens with one attached hydrogen (secondary N) is 1. The number of primary amides is 1. The summed E-state index contributed by atoms with van der Waals surface area (Å²) in [6.07, 6.45) is 1.91. The second-order valence-electron chi connectivity index (χ2n) is 5.25. The molecule has 20 heavy (non-hydrogen) atoms. The summed E-state index contributed by atoms with van der Waals surface area (Å²) >= 11 is 6.33. The molecule has 1 saturated heterocycles. The van der Waals surface area contributed by atoms with Gasteiger partial charge in [-0.15, -0.1) is 0 Å². The Bertz CT molecular complexity index is 478. The predicted octanol–water partition coefficient (Wildman–Crippen LogP) is 2.15. The minimum absolute atomic E-state index is 0.0505. The smallest absolute Gasteiger partial charge is 0.222 e. The highest BCUT2D eigenvalue weighted by Gasteiger charge is 2.28. The molecule has 110 valence electrons. The van der Waals surface area contributed by atoms with Gasteiger partial charge < -0.3 is 16.0 Å². The van der Waals surface area contributed by atoms with Crippen LogP contribution in [-0.2, 0) is 11.3 Å². The van der Waals surface area contributed by atoms with Gasteiger partial charge in [-0.05, 0) is 31.5 Å². The number of carbonyl (C=O) groups excluding carboxylic acids is 1. The summed E-state index contributed by atoms with van der Waals surface area (Å²) in [6, 6.07) is 5.94. The molecular weight excluding hydrogens is 274 g/mol. The lowest BCUT2D eigenvalue weighted by molar-refractivity contribution is -0.121. The Hall–Kier alpha value is -1.26. The second kappa shape index (κ2) is 6.95. The van der Waals surface area contributed by atoms with Crippen LogP contribution in [0.15, 0.2) is 18.2 Å². The van der Waals surface area contributed by atoms with Gasteiger partial charge in [0.05, 0.1) is 5.92 Å². The summed E-state index contributed by atoms with van der Waals surface area (Å²) in [5, 5.41) is 4.16. The minimum atomic E-state index is -0.208. The van der Waals surface area contributed by atoms with Crippen molar-refractivity contribution in [1.29, 1.82) is 0 Å². The predicted molar refractivity (Wildman–Crippen MR) is 83.0 cm³/mol. The third-order valence-electron chi connectivity index (χ3n) is 3.75. The topological polar surface area (TPSA) is 58.4 Å². The Kier molecular flexibility index (Phi) is 5.26. The molecular formula is C15H22ClN3O. The van der Waals surface area contributed by atoms with Crippen LogP contribution in [0, 0.1) is 5.92 Å². The maximum absolute atomic E-state index is 11.3. The first-order valence-corrected chi connectivity index (χ1v) is 7.53. The van der Waals surface area contributed by atoms with Crippen LogP contribution in [-0.4, -0.2) is 25.5 Å². The molecule has 2 rings (SSSR count). The molecule has 1 fully saturated rings. The largest absolute Gasteiger partial charge is 0.370 e. The van der Waals surface area contributed by atoms with Gasteiger partial charge in [0.1, 0.15) is 0 Å².